The lowest BCUT2D eigenvalue weighted by Gasteiger charge is -2.10. The van der Waals surface area contributed by atoms with Gasteiger partial charge in [-0.2, -0.15) is 0 Å². The molecule has 0 heterocycles. The number of aryl methyl sites for hydroxylation is 1. The number of nitrogens with one attached hydrogen (secondary N) is 2. The predicted molar refractivity (Wildman–Crippen MR) is 71.4 cm³/mol. The van der Waals surface area contributed by atoms with Gasteiger partial charge in [-0.25, -0.2) is 5.84 Å². The molecule has 0 saturated heterocycles. The summed E-state index contributed by atoms with van der Waals surface area (Å²) in [7, 11) is 1.96. The summed E-state index contributed by atoms with van der Waals surface area (Å²) >= 11 is 3.50. The minimum atomic E-state index is 0.403. The molecular formula is C11H18BrN3O. The van der Waals surface area contributed by atoms with E-state index in [0.717, 1.165) is 11.8 Å². The summed E-state index contributed by atoms with van der Waals surface area (Å²) < 4.78 is 0. The topological polar surface area (TPSA) is 67.2 Å². The molecule has 0 fully saturated rings. The fourth-order valence-electron chi connectivity index (χ4n) is 1.36. The number of alkyl halides is 1. The van der Waals surface area contributed by atoms with Gasteiger partial charge in [0.2, 0.25) is 6.41 Å². The molecule has 0 aromatic heterocycles. The van der Waals surface area contributed by atoms with Crippen LogP contribution in [-0.2, 0) is 16.5 Å². The number of nitrogens with two attached hydrogens (primary N) is 1. The number of benzene rings is 1. The van der Waals surface area contributed by atoms with Crippen LogP contribution in [0.5, 0.6) is 0 Å². The third-order valence-electron chi connectivity index (χ3n) is 2.12. The van der Waals surface area contributed by atoms with Crippen molar-refractivity contribution in [2.75, 3.05) is 12.4 Å². The van der Waals surface area contributed by atoms with Gasteiger partial charge in [0.15, 0.2) is 0 Å². The van der Waals surface area contributed by atoms with Crippen LogP contribution in [0.25, 0.3) is 0 Å². The van der Waals surface area contributed by atoms with E-state index in [9.17, 15) is 0 Å². The standard InChI is InChI=1S/C10H14BrN.CH4N2O/c1-3-8-5-4-6-10(12-2)9(8)7-11;2-3-1-4/h4-6,12H,3,7H2,1-2H3;1H,2H2,(H,3,4). The van der Waals surface area contributed by atoms with Crippen LogP contribution >= 0.6 is 15.9 Å². The summed E-state index contributed by atoms with van der Waals surface area (Å²) in [5, 5.41) is 4.12. The molecule has 1 aromatic rings. The molecular weight excluding hydrogens is 270 g/mol. The lowest BCUT2D eigenvalue weighted by atomic mass is 10.0. The van der Waals surface area contributed by atoms with Gasteiger partial charge in [-0.3, -0.25) is 10.2 Å². The minimum absolute atomic E-state index is 0.403. The zero-order valence-corrected chi connectivity index (χ0v) is 11.2. The number of anilines is 1. The summed E-state index contributed by atoms with van der Waals surface area (Å²) in [6.07, 6.45) is 1.50. The number of hydrogen-bond donors (Lipinski definition) is 3. The predicted octanol–water partition coefficient (Wildman–Crippen LogP) is 1.79. The van der Waals surface area contributed by atoms with Crippen molar-refractivity contribution >= 4 is 28.0 Å². The third kappa shape index (κ3) is 4.63. The van der Waals surface area contributed by atoms with E-state index in [1.54, 1.807) is 5.43 Å². The Morgan fingerprint density at radius 1 is 1.50 bits per heavy atom. The summed E-state index contributed by atoms with van der Waals surface area (Å²) in [4.78, 5) is 8.94. The fraction of sp³-hybridized carbons (Fsp3) is 0.364. The van der Waals surface area contributed by atoms with E-state index in [4.69, 9.17) is 4.79 Å². The molecule has 0 aliphatic heterocycles. The van der Waals surface area contributed by atoms with Crippen LogP contribution in [0.3, 0.4) is 0 Å². The molecule has 0 saturated carbocycles. The lowest BCUT2D eigenvalue weighted by molar-refractivity contribution is -0.109. The highest BCUT2D eigenvalue weighted by atomic mass is 79.9. The van der Waals surface area contributed by atoms with E-state index < -0.39 is 0 Å². The molecule has 4 nitrogen and oxygen atoms in total. The highest BCUT2D eigenvalue weighted by Gasteiger charge is 2.03. The first-order valence-electron chi connectivity index (χ1n) is 4.99. The quantitative estimate of drug-likeness (QED) is 0.260. The summed E-state index contributed by atoms with van der Waals surface area (Å²) in [6.45, 7) is 2.18. The molecule has 0 radical (unpaired) electrons. The second-order valence-electron chi connectivity index (χ2n) is 2.96. The zero-order valence-electron chi connectivity index (χ0n) is 9.59. The van der Waals surface area contributed by atoms with Gasteiger partial charge in [0.1, 0.15) is 0 Å². The molecule has 1 aromatic carbocycles. The Labute approximate surface area is 105 Å². The van der Waals surface area contributed by atoms with Crippen molar-refractivity contribution in [3.05, 3.63) is 29.3 Å². The van der Waals surface area contributed by atoms with Crippen LogP contribution in [0.1, 0.15) is 18.1 Å². The van der Waals surface area contributed by atoms with Crippen LogP contribution in [0.4, 0.5) is 5.69 Å². The average Bonchev–Trinajstić information content (AvgIpc) is 2.37. The first-order chi connectivity index (χ1) is 7.74. The van der Waals surface area contributed by atoms with Gasteiger partial charge < -0.3 is 5.32 Å². The van der Waals surface area contributed by atoms with Gasteiger partial charge in [0.25, 0.3) is 0 Å². The first kappa shape index (κ1) is 14.9. The highest BCUT2D eigenvalue weighted by Crippen LogP contribution is 2.22. The van der Waals surface area contributed by atoms with Crippen LogP contribution in [-0.4, -0.2) is 13.5 Å². The number of halogens is 1. The molecule has 0 aliphatic carbocycles. The van der Waals surface area contributed by atoms with Crippen molar-refractivity contribution in [3.63, 3.8) is 0 Å². The molecule has 0 aliphatic rings. The second kappa shape index (κ2) is 9.18. The van der Waals surface area contributed by atoms with Crippen molar-refractivity contribution < 1.29 is 4.79 Å². The molecule has 90 valence electrons. The summed E-state index contributed by atoms with van der Waals surface area (Å²) in [6, 6.07) is 6.38. The van der Waals surface area contributed by atoms with Gasteiger partial charge >= 0.3 is 0 Å². The third-order valence-corrected chi connectivity index (χ3v) is 2.69. The summed E-state index contributed by atoms with van der Waals surface area (Å²) in [5.74, 6) is 4.41. The molecule has 5 heteroatoms. The zero-order chi connectivity index (χ0) is 12.4. The average molecular weight is 288 g/mol. The summed E-state index contributed by atoms with van der Waals surface area (Å²) in [5.41, 5.74) is 5.77. The number of hydrazine groups is 1. The Kier molecular flexibility index (Phi) is 8.56. The van der Waals surface area contributed by atoms with Crippen molar-refractivity contribution in [3.8, 4) is 0 Å². The Morgan fingerprint density at radius 3 is 2.50 bits per heavy atom. The monoisotopic (exact) mass is 287 g/mol. The minimum Gasteiger partial charge on any atom is -0.388 e. The molecule has 0 unspecified atom stereocenters. The first-order valence-corrected chi connectivity index (χ1v) is 6.11. The van der Waals surface area contributed by atoms with E-state index in [2.05, 4.69) is 52.2 Å². The van der Waals surface area contributed by atoms with Crippen molar-refractivity contribution in [1.29, 1.82) is 0 Å². The fourth-order valence-corrected chi connectivity index (χ4v) is 2.02. The Hall–Kier alpha value is -1.07. The van der Waals surface area contributed by atoms with E-state index in [0.29, 0.717) is 6.41 Å². The molecule has 16 heavy (non-hydrogen) atoms. The number of rotatable bonds is 4. The van der Waals surface area contributed by atoms with Crippen molar-refractivity contribution in [2.24, 2.45) is 5.84 Å². The molecule has 1 rings (SSSR count). The number of amides is 1. The van der Waals surface area contributed by atoms with Gasteiger partial charge in [0, 0.05) is 18.1 Å². The molecule has 0 atom stereocenters. The maximum absolute atomic E-state index is 8.94. The SMILES string of the molecule is CCc1cccc(NC)c1CBr.NNC=O. The second-order valence-corrected chi connectivity index (χ2v) is 3.53. The molecule has 1 amide bonds. The van der Waals surface area contributed by atoms with Crippen LogP contribution in [0.2, 0.25) is 0 Å². The number of hydrogen-bond acceptors (Lipinski definition) is 3. The van der Waals surface area contributed by atoms with Gasteiger partial charge in [0.05, 0.1) is 0 Å². The normalized spacial score (nSPS) is 8.75. The van der Waals surface area contributed by atoms with Crippen LogP contribution in [0.15, 0.2) is 18.2 Å². The lowest BCUT2D eigenvalue weighted by Crippen LogP contribution is -2.18. The maximum Gasteiger partial charge on any atom is 0.221 e. The largest absolute Gasteiger partial charge is 0.388 e. The Balaban J connectivity index is 0.000000487. The van der Waals surface area contributed by atoms with Crippen LogP contribution in [0, 0.1) is 0 Å². The number of carbonyl (C=O) groups is 1. The van der Waals surface area contributed by atoms with E-state index in [-0.39, 0.29) is 0 Å². The van der Waals surface area contributed by atoms with E-state index >= 15 is 0 Å². The van der Waals surface area contributed by atoms with Crippen molar-refractivity contribution in [2.45, 2.75) is 18.7 Å². The highest BCUT2D eigenvalue weighted by molar-refractivity contribution is 9.08. The van der Waals surface area contributed by atoms with E-state index in [1.165, 1.54) is 16.8 Å². The van der Waals surface area contributed by atoms with E-state index in [1.807, 2.05) is 7.05 Å². The Bertz CT molecular complexity index is 296. The maximum atomic E-state index is 8.94. The Morgan fingerprint density at radius 2 is 2.12 bits per heavy atom. The molecule has 0 spiro atoms. The van der Waals surface area contributed by atoms with Gasteiger partial charge in [-0.15, -0.1) is 0 Å². The molecule has 0 bridgehead atoms. The van der Waals surface area contributed by atoms with Gasteiger partial charge in [-0.1, -0.05) is 35.0 Å². The van der Waals surface area contributed by atoms with Gasteiger partial charge in [-0.05, 0) is 23.6 Å². The van der Waals surface area contributed by atoms with Crippen LogP contribution < -0.4 is 16.6 Å². The number of carbonyl (C=O) groups excluding carboxylic acids is 1. The molecule has 4 N–H and O–H groups in total. The van der Waals surface area contributed by atoms with Crippen molar-refractivity contribution in [1.82, 2.24) is 5.43 Å². The smallest absolute Gasteiger partial charge is 0.221 e.